The summed E-state index contributed by atoms with van der Waals surface area (Å²) >= 11 is 12.0. The van der Waals surface area contributed by atoms with Crippen molar-refractivity contribution in [2.45, 2.75) is 32.1 Å². The second-order valence-electron chi connectivity index (χ2n) is 5.93. The van der Waals surface area contributed by atoms with Gasteiger partial charge in [-0.2, -0.15) is 0 Å². The maximum atomic E-state index is 6.13. The molecule has 1 heterocycles. The molecule has 1 fully saturated rings. The number of hydrogen-bond acceptors (Lipinski definition) is 3. The van der Waals surface area contributed by atoms with Gasteiger partial charge in [-0.25, -0.2) is 0 Å². The average Bonchev–Trinajstić information content (AvgIpc) is 3.09. The summed E-state index contributed by atoms with van der Waals surface area (Å²) in [5.41, 5.74) is 2.13. The molecule has 1 aliphatic heterocycles. The normalized spacial score (nSPS) is 17.2. The first-order chi connectivity index (χ1) is 11.7. The minimum atomic E-state index is 0.322. The molecule has 1 aliphatic rings. The van der Waals surface area contributed by atoms with E-state index in [9.17, 15) is 0 Å². The minimum Gasteiger partial charge on any atom is -0.489 e. The van der Waals surface area contributed by atoms with Crippen LogP contribution < -0.4 is 10.1 Å². The van der Waals surface area contributed by atoms with E-state index in [0.29, 0.717) is 24.3 Å². The molecule has 1 atom stereocenters. The van der Waals surface area contributed by atoms with Crippen LogP contribution in [0.1, 0.15) is 24.0 Å². The molecule has 0 radical (unpaired) electrons. The van der Waals surface area contributed by atoms with E-state index < -0.39 is 0 Å². The third-order valence-corrected chi connectivity index (χ3v) is 4.53. The fraction of sp³-hybridized carbons (Fsp3) is 0.368. The Hall–Kier alpha value is -1.26. The lowest BCUT2D eigenvalue weighted by molar-refractivity contribution is 0.110. The summed E-state index contributed by atoms with van der Waals surface area (Å²) in [6, 6.07) is 13.4. The van der Waals surface area contributed by atoms with E-state index in [1.807, 2.05) is 42.5 Å². The van der Waals surface area contributed by atoms with Crippen LogP contribution in [0.25, 0.3) is 0 Å². The molecule has 0 spiro atoms. The maximum absolute atomic E-state index is 6.13. The number of benzene rings is 2. The first-order valence-electron chi connectivity index (χ1n) is 8.19. The summed E-state index contributed by atoms with van der Waals surface area (Å²) in [5, 5.41) is 4.87. The Kier molecular flexibility index (Phi) is 6.38. The Morgan fingerprint density at radius 2 is 1.88 bits per heavy atom. The highest BCUT2D eigenvalue weighted by molar-refractivity contribution is 6.30. The number of hydrogen-bond donors (Lipinski definition) is 1. The minimum absolute atomic E-state index is 0.322. The second-order valence-corrected chi connectivity index (χ2v) is 6.81. The van der Waals surface area contributed by atoms with E-state index in [-0.39, 0.29) is 0 Å². The van der Waals surface area contributed by atoms with Gasteiger partial charge in [-0.15, -0.1) is 0 Å². The third-order valence-electron chi connectivity index (χ3n) is 4.04. The van der Waals surface area contributed by atoms with Crippen molar-refractivity contribution in [2.75, 3.05) is 13.2 Å². The zero-order chi connectivity index (χ0) is 16.8. The maximum Gasteiger partial charge on any atom is 0.124 e. The van der Waals surface area contributed by atoms with Crippen molar-refractivity contribution in [1.29, 1.82) is 0 Å². The number of nitrogens with one attached hydrogen (secondary N) is 1. The Bertz CT molecular complexity index is 655. The highest BCUT2D eigenvalue weighted by Gasteiger charge is 2.15. The van der Waals surface area contributed by atoms with Crippen LogP contribution in [0.4, 0.5) is 0 Å². The average molecular weight is 366 g/mol. The lowest BCUT2D eigenvalue weighted by Gasteiger charge is -2.15. The van der Waals surface area contributed by atoms with Crippen LogP contribution >= 0.6 is 23.2 Å². The first kappa shape index (κ1) is 17.6. The van der Waals surface area contributed by atoms with Crippen LogP contribution in [0.5, 0.6) is 5.75 Å². The van der Waals surface area contributed by atoms with Crippen LogP contribution in [0, 0.1) is 0 Å². The Balaban J connectivity index is 1.58. The molecule has 1 saturated heterocycles. The van der Waals surface area contributed by atoms with E-state index in [1.54, 1.807) is 0 Å². The van der Waals surface area contributed by atoms with Crippen LogP contribution in [0.2, 0.25) is 10.0 Å². The summed E-state index contributed by atoms with van der Waals surface area (Å²) in [5.74, 6) is 0.842. The topological polar surface area (TPSA) is 30.5 Å². The van der Waals surface area contributed by atoms with Crippen LogP contribution in [0.3, 0.4) is 0 Å². The van der Waals surface area contributed by atoms with Crippen molar-refractivity contribution in [3.8, 4) is 5.75 Å². The van der Waals surface area contributed by atoms with Crippen LogP contribution in [-0.4, -0.2) is 19.3 Å². The number of rotatable bonds is 7. The molecule has 3 nitrogen and oxygen atoms in total. The van der Waals surface area contributed by atoms with Gasteiger partial charge in [0, 0.05) is 35.3 Å². The van der Waals surface area contributed by atoms with Gasteiger partial charge in [-0.05, 0) is 48.7 Å². The molecule has 1 N–H and O–H groups in total. The van der Waals surface area contributed by atoms with E-state index in [1.165, 1.54) is 0 Å². The van der Waals surface area contributed by atoms with Gasteiger partial charge in [0.25, 0.3) is 0 Å². The van der Waals surface area contributed by atoms with Crippen molar-refractivity contribution in [3.63, 3.8) is 0 Å². The molecule has 2 aromatic carbocycles. The van der Waals surface area contributed by atoms with Gasteiger partial charge < -0.3 is 14.8 Å². The standard InChI is InChI=1S/C19H21Cl2NO2/c20-16-5-3-14(4-6-16)13-24-19-8-7-17(21)10-15(19)11-22-12-18-2-1-9-23-18/h3-8,10,18,22H,1-2,9,11-13H2/t18-/m0/s1. The largest absolute Gasteiger partial charge is 0.489 e. The van der Waals surface area contributed by atoms with Crippen molar-refractivity contribution in [3.05, 3.63) is 63.6 Å². The fourth-order valence-corrected chi connectivity index (χ4v) is 3.06. The molecule has 0 aliphatic carbocycles. The molecule has 5 heteroatoms. The van der Waals surface area contributed by atoms with Crippen LogP contribution in [0.15, 0.2) is 42.5 Å². The third kappa shape index (κ3) is 5.12. The summed E-state index contributed by atoms with van der Waals surface area (Å²) in [6.45, 7) is 2.93. The molecule has 3 rings (SSSR count). The van der Waals surface area contributed by atoms with E-state index in [0.717, 1.165) is 47.9 Å². The molecule has 24 heavy (non-hydrogen) atoms. The van der Waals surface area contributed by atoms with E-state index in [4.69, 9.17) is 32.7 Å². The lowest BCUT2D eigenvalue weighted by Crippen LogP contribution is -2.26. The SMILES string of the molecule is Clc1ccc(COc2ccc(Cl)cc2CNC[C@@H]2CCCO2)cc1. The van der Waals surface area contributed by atoms with Crippen LogP contribution in [-0.2, 0) is 17.9 Å². The van der Waals surface area contributed by atoms with Gasteiger partial charge in [0.2, 0.25) is 0 Å². The summed E-state index contributed by atoms with van der Waals surface area (Å²) in [7, 11) is 0. The quantitative estimate of drug-likeness (QED) is 0.761. The molecule has 0 amide bonds. The van der Waals surface area contributed by atoms with E-state index in [2.05, 4.69) is 5.32 Å². The van der Waals surface area contributed by atoms with Crippen molar-refractivity contribution in [2.24, 2.45) is 0 Å². The monoisotopic (exact) mass is 365 g/mol. The van der Waals surface area contributed by atoms with Crippen molar-refractivity contribution in [1.82, 2.24) is 5.32 Å². The van der Waals surface area contributed by atoms with Gasteiger partial charge in [0.05, 0.1) is 6.10 Å². The summed E-state index contributed by atoms with van der Waals surface area (Å²) in [4.78, 5) is 0. The number of halogens is 2. The smallest absolute Gasteiger partial charge is 0.124 e. The molecule has 128 valence electrons. The molecule has 0 unspecified atom stereocenters. The summed E-state index contributed by atoms with van der Waals surface area (Å²) in [6.07, 6.45) is 2.60. The van der Waals surface area contributed by atoms with Gasteiger partial charge >= 0.3 is 0 Å². The van der Waals surface area contributed by atoms with Gasteiger partial charge in [-0.1, -0.05) is 35.3 Å². The predicted octanol–water partition coefficient (Wildman–Crippen LogP) is 4.84. The highest BCUT2D eigenvalue weighted by atomic mass is 35.5. The molecular formula is C19H21Cl2NO2. The predicted molar refractivity (Wildman–Crippen MR) is 97.9 cm³/mol. The summed E-state index contributed by atoms with van der Waals surface area (Å²) < 4.78 is 11.6. The van der Waals surface area contributed by atoms with Gasteiger partial charge in [0.1, 0.15) is 12.4 Å². The lowest BCUT2D eigenvalue weighted by atomic mass is 10.2. The van der Waals surface area contributed by atoms with Crippen molar-refractivity contribution >= 4 is 23.2 Å². The number of ether oxygens (including phenoxy) is 2. The Labute approximate surface area is 152 Å². The zero-order valence-electron chi connectivity index (χ0n) is 13.4. The molecular weight excluding hydrogens is 345 g/mol. The molecule has 0 saturated carbocycles. The van der Waals surface area contributed by atoms with Gasteiger partial charge in [-0.3, -0.25) is 0 Å². The van der Waals surface area contributed by atoms with Crippen molar-refractivity contribution < 1.29 is 9.47 Å². The first-order valence-corrected chi connectivity index (χ1v) is 8.94. The van der Waals surface area contributed by atoms with Gasteiger partial charge in [0.15, 0.2) is 0 Å². The molecule has 0 aromatic heterocycles. The Morgan fingerprint density at radius 1 is 1.08 bits per heavy atom. The van der Waals surface area contributed by atoms with E-state index >= 15 is 0 Å². The zero-order valence-corrected chi connectivity index (χ0v) is 14.9. The second kappa shape index (κ2) is 8.72. The molecule has 0 bridgehead atoms. The fourth-order valence-electron chi connectivity index (χ4n) is 2.74. The Morgan fingerprint density at radius 3 is 2.62 bits per heavy atom. The molecule has 2 aromatic rings. The highest BCUT2D eigenvalue weighted by Crippen LogP contribution is 2.24.